The summed E-state index contributed by atoms with van der Waals surface area (Å²) in [4.78, 5) is 12.0. The normalized spacial score (nSPS) is 17.2. The number of hydrogen-bond donors (Lipinski definition) is 2. The van der Waals surface area contributed by atoms with Gasteiger partial charge in [0.2, 0.25) is 5.91 Å². The molecular weight excluding hydrogens is 204 g/mol. The summed E-state index contributed by atoms with van der Waals surface area (Å²) in [7, 11) is 1.87. The minimum absolute atomic E-state index is 0.0363. The fourth-order valence-electron chi connectivity index (χ4n) is 1.88. The summed E-state index contributed by atoms with van der Waals surface area (Å²) in [6.45, 7) is 4.26. The Morgan fingerprint density at radius 1 is 1.56 bits per heavy atom. The van der Waals surface area contributed by atoms with Gasteiger partial charge in [-0.3, -0.25) is 9.48 Å². The molecule has 1 aliphatic carbocycles. The van der Waals surface area contributed by atoms with Crippen LogP contribution in [0.1, 0.15) is 24.2 Å². The van der Waals surface area contributed by atoms with Gasteiger partial charge >= 0.3 is 0 Å². The fourth-order valence-corrected chi connectivity index (χ4v) is 1.88. The van der Waals surface area contributed by atoms with Gasteiger partial charge in [0.25, 0.3) is 0 Å². The highest BCUT2D eigenvalue weighted by atomic mass is 16.2. The van der Waals surface area contributed by atoms with Crippen LogP contribution in [0.2, 0.25) is 0 Å². The molecule has 0 aromatic carbocycles. The van der Waals surface area contributed by atoms with Gasteiger partial charge in [-0.2, -0.15) is 5.10 Å². The Bertz CT molecular complexity index is 431. The lowest BCUT2D eigenvalue weighted by molar-refractivity contribution is -0.120. The van der Waals surface area contributed by atoms with Crippen molar-refractivity contribution < 1.29 is 4.79 Å². The number of anilines is 1. The van der Waals surface area contributed by atoms with Crippen LogP contribution in [0.3, 0.4) is 0 Å². The summed E-state index contributed by atoms with van der Waals surface area (Å²) in [5.41, 5.74) is 7.96. The van der Waals surface area contributed by atoms with Gasteiger partial charge in [-0.1, -0.05) is 0 Å². The van der Waals surface area contributed by atoms with Gasteiger partial charge in [-0.15, -0.1) is 0 Å². The number of nitrogens with two attached hydrogens (primary N) is 1. The van der Waals surface area contributed by atoms with E-state index in [-0.39, 0.29) is 11.3 Å². The molecule has 3 N–H and O–H groups in total. The molecule has 2 rings (SSSR count). The molecule has 1 heterocycles. The van der Waals surface area contributed by atoms with E-state index in [9.17, 15) is 4.79 Å². The highest BCUT2D eigenvalue weighted by Crippen LogP contribution is 2.45. The Labute approximate surface area is 95.0 Å². The molecule has 1 aromatic heterocycles. The lowest BCUT2D eigenvalue weighted by Gasteiger charge is -2.12. The zero-order valence-corrected chi connectivity index (χ0v) is 10.0. The van der Waals surface area contributed by atoms with Gasteiger partial charge in [0.1, 0.15) is 0 Å². The van der Waals surface area contributed by atoms with Crippen LogP contribution in [-0.2, 0) is 11.8 Å². The maximum atomic E-state index is 12.0. The molecule has 0 atom stereocenters. The highest BCUT2D eigenvalue weighted by molar-refractivity contribution is 5.98. The first-order chi connectivity index (χ1) is 7.50. The molecule has 88 valence electrons. The maximum Gasteiger partial charge on any atom is 0.231 e. The third-order valence-corrected chi connectivity index (χ3v) is 3.47. The first-order valence-corrected chi connectivity index (χ1v) is 5.52. The van der Waals surface area contributed by atoms with Gasteiger partial charge in [0.15, 0.2) is 0 Å². The molecule has 1 aliphatic rings. The summed E-state index contributed by atoms with van der Waals surface area (Å²) < 4.78 is 1.77. The SMILES string of the molecule is Cc1nn(C)c(C)c1NC(=O)C1(CN)CC1. The summed E-state index contributed by atoms with van der Waals surface area (Å²) in [6, 6.07) is 0. The quantitative estimate of drug-likeness (QED) is 0.791. The van der Waals surface area contributed by atoms with E-state index in [1.54, 1.807) is 4.68 Å². The molecule has 1 saturated carbocycles. The third kappa shape index (κ3) is 1.61. The molecule has 16 heavy (non-hydrogen) atoms. The third-order valence-electron chi connectivity index (χ3n) is 3.47. The van der Waals surface area contributed by atoms with Crippen LogP contribution >= 0.6 is 0 Å². The number of carbonyl (C=O) groups excluding carboxylic acids is 1. The van der Waals surface area contributed by atoms with Crippen molar-refractivity contribution in [3.05, 3.63) is 11.4 Å². The number of nitrogens with zero attached hydrogens (tertiary/aromatic N) is 2. The van der Waals surface area contributed by atoms with Crippen molar-refractivity contribution in [3.8, 4) is 0 Å². The lowest BCUT2D eigenvalue weighted by atomic mass is 10.1. The second-order valence-corrected chi connectivity index (χ2v) is 4.61. The predicted molar refractivity (Wildman–Crippen MR) is 62.0 cm³/mol. The molecule has 5 heteroatoms. The number of rotatable bonds is 3. The van der Waals surface area contributed by atoms with Crippen molar-refractivity contribution in [1.82, 2.24) is 9.78 Å². The fraction of sp³-hybridized carbons (Fsp3) is 0.636. The van der Waals surface area contributed by atoms with Crippen LogP contribution < -0.4 is 11.1 Å². The predicted octanol–water partition coefficient (Wildman–Crippen LogP) is 0.714. The van der Waals surface area contributed by atoms with Gasteiger partial charge in [-0.05, 0) is 26.7 Å². The number of carbonyl (C=O) groups is 1. The minimum atomic E-state index is -0.311. The monoisotopic (exact) mass is 222 g/mol. The van der Waals surface area contributed by atoms with E-state index in [0.29, 0.717) is 6.54 Å². The molecule has 0 spiro atoms. The Kier molecular flexibility index (Phi) is 2.50. The number of aryl methyl sites for hydroxylation is 2. The van der Waals surface area contributed by atoms with E-state index >= 15 is 0 Å². The molecule has 1 amide bonds. The molecule has 0 saturated heterocycles. The van der Waals surface area contributed by atoms with Crippen LogP contribution in [0.15, 0.2) is 0 Å². The Hall–Kier alpha value is -1.36. The van der Waals surface area contributed by atoms with E-state index in [1.165, 1.54) is 0 Å². The second kappa shape index (κ2) is 3.59. The first-order valence-electron chi connectivity index (χ1n) is 5.52. The van der Waals surface area contributed by atoms with Crippen molar-refractivity contribution >= 4 is 11.6 Å². The highest BCUT2D eigenvalue weighted by Gasteiger charge is 2.48. The van der Waals surface area contributed by atoms with E-state index < -0.39 is 0 Å². The second-order valence-electron chi connectivity index (χ2n) is 4.61. The molecule has 5 nitrogen and oxygen atoms in total. The van der Waals surface area contributed by atoms with E-state index in [4.69, 9.17) is 5.73 Å². The standard InChI is InChI=1S/C11H18N4O/c1-7-9(8(2)15(3)14-7)13-10(16)11(6-12)4-5-11/h4-6,12H2,1-3H3,(H,13,16). The van der Waals surface area contributed by atoms with Gasteiger partial charge in [0, 0.05) is 13.6 Å². The minimum Gasteiger partial charge on any atom is -0.329 e. The van der Waals surface area contributed by atoms with Gasteiger partial charge < -0.3 is 11.1 Å². The van der Waals surface area contributed by atoms with Crippen molar-refractivity contribution in [1.29, 1.82) is 0 Å². The lowest BCUT2D eigenvalue weighted by Crippen LogP contribution is -2.31. The molecular formula is C11H18N4O. The van der Waals surface area contributed by atoms with Crippen LogP contribution in [0, 0.1) is 19.3 Å². The summed E-state index contributed by atoms with van der Waals surface area (Å²) in [5, 5.41) is 7.21. The average Bonchev–Trinajstić information content (AvgIpc) is 3.00. The topological polar surface area (TPSA) is 72.9 Å². The van der Waals surface area contributed by atoms with Crippen LogP contribution in [0.4, 0.5) is 5.69 Å². The molecule has 1 fully saturated rings. The molecule has 1 aromatic rings. The van der Waals surface area contributed by atoms with E-state index in [2.05, 4.69) is 10.4 Å². The summed E-state index contributed by atoms with van der Waals surface area (Å²) in [6.07, 6.45) is 1.79. The molecule has 0 unspecified atom stereocenters. The number of hydrogen-bond acceptors (Lipinski definition) is 3. The Balaban J connectivity index is 2.18. The molecule has 0 radical (unpaired) electrons. The first kappa shape index (κ1) is 11.1. The zero-order valence-electron chi connectivity index (χ0n) is 10.0. The van der Waals surface area contributed by atoms with Crippen LogP contribution in [0.25, 0.3) is 0 Å². The van der Waals surface area contributed by atoms with Crippen LogP contribution in [-0.4, -0.2) is 22.2 Å². The van der Waals surface area contributed by atoms with Crippen molar-refractivity contribution in [2.45, 2.75) is 26.7 Å². The van der Waals surface area contributed by atoms with Crippen molar-refractivity contribution in [2.75, 3.05) is 11.9 Å². The Morgan fingerprint density at radius 2 is 2.19 bits per heavy atom. The van der Waals surface area contributed by atoms with Crippen LogP contribution in [0.5, 0.6) is 0 Å². The molecule has 0 aliphatic heterocycles. The zero-order chi connectivity index (χ0) is 11.9. The smallest absolute Gasteiger partial charge is 0.231 e. The average molecular weight is 222 g/mol. The Morgan fingerprint density at radius 3 is 2.56 bits per heavy atom. The number of amides is 1. The van der Waals surface area contributed by atoms with Gasteiger partial charge in [-0.25, -0.2) is 0 Å². The van der Waals surface area contributed by atoms with Gasteiger partial charge in [0.05, 0.1) is 22.5 Å². The number of aromatic nitrogens is 2. The summed E-state index contributed by atoms with van der Waals surface area (Å²) in [5.74, 6) is 0.0363. The maximum absolute atomic E-state index is 12.0. The van der Waals surface area contributed by atoms with E-state index in [0.717, 1.165) is 29.9 Å². The van der Waals surface area contributed by atoms with Crippen molar-refractivity contribution in [3.63, 3.8) is 0 Å². The largest absolute Gasteiger partial charge is 0.329 e. The van der Waals surface area contributed by atoms with Crippen molar-refractivity contribution in [2.24, 2.45) is 18.2 Å². The van der Waals surface area contributed by atoms with E-state index in [1.807, 2.05) is 20.9 Å². The molecule has 0 bridgehead atoms. The number of nitrogens with one attached hydrogen (secondary N) is 1. The summed E-state index contributed by atoms with van der Waals surface area (Å²) >= 11 is 0.